The minimum atomic E-state index is -0.515. The Morgan fingerprint density at radius 1 is 1.33 bits per heavy atom. The quantitative estimate of drug-likeness (QED) is 0.358. The number of nitro groups is 1. The number of carbonyl (C=O) groups excluding carboxylic acids is 1. The molecule has 27 heavy (non-hydrogen) atoms. The number of nitrogens with one attached hydrogen (secondary N) is 2. The molecule has 0 amide bonds. The molecule has 0 unspecified atom stereocenters. The molecule has 3 aromatic rings. The molecule has 0 fully saturated rings. The van der Waals surface area contributed by atoms with Crippen LogP contribution in [-0.4, -0.2) is 32.7 Å². The van der Waals surface area contributed by atoms with Crippen LogP contribution in [0.3, 0.4) is 0 Å². The monoisotopic (exact) mass is 385 g/mol. The summed E-state index contributed by atoms with van der Waals surface area (Å²) >= 11 is 1.36. The molecule has 0 saturated heterocycles. The number of ether oxygens (including phenoxy) is 1. The van der Waals surface area contributed by atoms with Gasteiger partial charge >= 0.3 is 11.7 Å². The Bertz CT molecular complexity index is 975. The van der Waals surface area contributed by atoms with Crippen LogP contribution in [0.4, 0.5) is 17.3 Å². The summed E-state index contributed by atoms with van der Waals surface area (Å²) < 4.78 is 4.99. The van der Waals surface area contributed by atoms with E-state index in [0.29, 0.717) is 23.0 Å². The second-order valence-corrected chi connectivity index (χ2v) is 6.34. The lowest BCUT2D eigenvalue weighted by atomic mass is 10.2. The van der Waals surface area contributed by atoms with E-state index in [0.717, 1.165) is 4.90 Å². The van der Waals surface area contributed by atoms with Gasteiger partial charge in [0.25, 0.3) is 0 Å². The van der Waals surface area contributed by atoms with E-state index in [9.17, 15) is 14.9 Å². The van der Waals surface area contributed by atoms with E-state index in [-0.39, 0.29) is 17.5 Å². The number of H-pyrrole nitrogens is 1. The molecule has 0 spiro atoms. The molecule has 2 heterocycles. The summed E-state index contributed by atoms with van der Waals surface area (Å²) in [5, 5.41) is 21.5. The molecule has 9 nitrogen and oxygen atoms in total. The van der Waals surface area contributed by atoms with Crippen LogP contribution in [0, 0.1) is 10.1 Å². The van der Waals surface area contributed by atoms with Gasteiger partial charge in [0.1, 0.15) is 0 Å². The van der Waals surface area contributed by atoms with Gasteiger partial charge in [-0.25, -0.2) is 9.78 Å². The molecule has 0 saturated carbocycles. The van der Waals surface area contributed by atoms with Crippen LogP contribution in [0.2, 0.25) is 0 Å². The number of nitrogens with zero attached hydrogens (tertiary/aromatic N) is 3. The zero-order valence-electron chi connectivity index (χ0n) is 14.2. The van der Waals surface area contributed by atoms with Crippen molar-refractivity contribution >= 4 is 35.1 Å². The summed E-state index contributed by atoms with van der Waals surface area (Å²) in [5.74, 6) is 0.116. The number of carbonyl (C=O) groups is 1. The van der Waals surface area contributed by atoms with E-state index in [1.54, 1.807) is 31.2 Å². The minimum Gasteiger partial charge on any atom is -0.462 e. The van der Waals surface area contributed by atoms with Gasteiger partial charge in [-0.05, 0) is 31.2 Å². The minimum absolute atomic E-state index is 0.106. The fraction of sp³-hybridized carbons (Fsp3) is 0.118. The summed E-state index contributed by atoms with van der Waals surface area (Å²) in [5.41, 5.74) is 0.320. The molecule has 138 valence electrons. The Morgan fingerprint density at radius 2 is 2.19 bits per heavy atom. The summed E-state index contributed by atoms with van der Waals surface area (Å²) in [7, 11) is 0. The summed E-state index contributed by atoms with van der Waals surface area (Å²) in [6.45, 7) is 2.06. The number of hydrogen-bond acceptors (Lipinski definition) is 8. The van der Waals surface area contributed by atoms with E-state index in [1.807, 2.05) is 6.07 Å². The van der Waals surface area contributed by atoms with Crippen molar-refractivity contribution in [2.45, 2.75) is 16.8 Å². The molecular weight excluding hydrogens is 370 g/mol. The van der Waals surface area contributed by atoms with Gasteiger partial charge in [0.15, 0.2) is 5.82 Å². The molecule has 3 rings (SSSR count). The molecular formula is C17H15N5O4S. The van der Waals surface area contributed by atoms with Crippen molar-refractivity contribution in [3.05, 3.63) is 64.3 Å². The molecule has 0 aliphatic carbocycles. The van der Waals surface area contributed by atoms with E-state index in [2.05, 4.69) is 20.5 Å². The van der Waals surface area contributed by atoms with Crippen LogP contribution in [-0.2, 0) is 4.74 Å². The van der Waals surface area contributed by atoms with Crippen LogP contribution >= 0.6 is 11.8 Å². The van der Waals surface area contributed by atoms with Crippen molar-refractivity contribution in [1.29, 1.82) is 0 Å². The number of esters is 1. The first-order valence-corrected chi connectivity index (χ1v) is 8.75. The van der Waals surface area contributed by atoms with Crippen molar-refractivity contribution < 1.29 is 14.5 Å². The molecule has 2 N–H and O–H groups in total. The topological polar surface area (TPSA) is 123 Å². The van der Waals surface area contributed by atoms with Crippen LogP contribution in [0.5, 0.6) is 0 Å². The van der Waals surface area contributed by atoms with Gasteiger partial charge < -0.3 is 10.1 Å². The number of anilines is 2. The molecule has 2 aromatic heterocycles. The van der Waals surface area contributed by atoms with Crippen molar-refractivity contribution in [2.24, 2.45) is 0 Å². The highest BCUT2D eigenvalue weighted by Gasteiger charge is 2.15. The summed E-state index contributed by atoms with van der Waals surface area (Å²) in [6, 6.07) is 11.6. The molecule has 10 heteroatoms. The van der Waals surface area contributed by atoms with Gasteiger partial charge in [0, 0.05) is 23.2 Å². The number of aromatic nitrogens is 3. The highest BCUT2D eigenvalue weighted by atomic mass is 32.2. The highest BCUT2D eigenvalue weighted by Crippen LogP contribution is 2.30. The van der Waals surface area contributed by atoms with Gasteiger partial charge in [0.2, 0.25) is 5.82 Å². The largest absolute Gasteiger partial charge is 0.462 e. The maximum atomic E-state index is 11.8. The van der Waals surface area contributed by atoms with E-state index >= 15 is 0 Å². The Balaban J connectivity index is 1.73. The lowest BCUT2D eigenvalue weighted by molar-refractivity contribution is -0.384. The predicted molar refractivity (Wildman–Crippen MR) is 99.3 cm³/mol. The van der Waals surface area contributed by atoms with Crippen molar-refractivity contribution in [2.75, 3.05) is 11.9 Å². The van der Waals surface area contributed by atoms with Gasteiger partial charge in [0.05, 0.1) is 22.1 Å². The number of pyridine rings is 1. The van der Waals surface area contributed by atoms with Crippen molar-refractivity contribution in [1.82, 2.24) is 15.2 Å². The molecule has 0 atom stereocenters. The number of rotatable bonds is 7. The second-order valence-electron chi connectivity index (χ2n) is 5.22. The van der Waals surface area contributed by atoms with Crippen LogP contribution < -0.4 is 5.32 Å². The van der Waals surface area contributed by atoms with Gasteiger partial charge in [-0.15, -0.1) is 0 Å². The first-order valence-electron chi connectivity index (χ1n) is 7.93. The van der Waals surface area contributed by atoms with Gasteiger partial charge in [-0.3, -0.25) is 15.2 Å². The standard InChI is InChI=1S/C17H15N5O4S/c1-2-26-17(23)11-5-3-6-12(9-11)27-15-10-14(20-21-15)19-16-13(22(24)25)7-4-8-18-16/h3-10H,2H2,1H3,(H2,18,19,20,21). The predicted octanol–water partition coefficient (Wildman–Crippen LogP) is 3.78. The highest BCUT2D eigenvalue weighted by molar-refractivity contribution is 7.99. The van der Waals surface area contributed by atoms with Crippen LogP contribution in [0.15, 0.2) is 58.6 Å². The third-order valence-corrected chi connectivity index (χ3v) is 4.28. The normalized spacial score (nSPS) is 10.4. The lowest BCUT2D eigenvalue weighted by Gasteiger charge is -2.03. The first-order chi connectivity index (χ1) is 13.1. The Labute approximate surface area is 158 Å². The van der Waals surface area contributed by atoms with E-state index in [1.165, 1.54) is 30.1 Å². The number of benzene rings is 1. The Hall–Kier alpha value is -3.40. The van der Waals surface area contributed by atoms with Gasteiger partial charge in [-0.2, -0.15) is 5.10 Å². The fourth-order valence-corrected chi connectivity index (χ4v) is 3.06. The second kappa shape index (κ2) is 8.32. The average Bonchev–Trinajstić information content (AvgIpc) is 3.09. The summed E-state index contributed by atoms with van der Waals surface area (Å²) in [6.07, 6.45) is 1.46. The fourth-order valence-electron chi connectivity index (χ4n) is 2.21. The molecule has 0 aliphatic rings. The zero-order chi connectivity index (χ0) is 19.2. The smallest absolute Gasteiger partial charge is 0.338 e. The Morgan fingerprint density at radius 3 is 2.96 bits per heavy atom. The Kier molecular flexibility index (Phi) is 5.67. The number of aromatic amines is 1. The van der Waals surface area contributed by atoms with E-state index in [4.69, 9.17) is 4.74 Å². The molecule has 0 aliphatic heterocycles. The van der Waals surface area contributed by atoms with Crippen molar-refractivity contribution in [3.8, 4) is 0 Å². The number of hydrogen-bond donors (Lipinski definition) is 2. The van der Waals surface area contributed by atoms with Crippen LogP contribution in [0.25, 0.3) is 0 Å². The third-order valence-electron chi connectivity index (χ3n) is 3.36. The van der Waals surface area contributed by atoms with Crippen molar-refractivity contribution in [3.63, 3.8) is 0 Å². The SMILES string of the molecule is CCOC(=O)c1cccc(Sc2cc(Nc3ncccc3[N+](=O)[O-])n[nH]2)c1. The zero-order valence-corrected chi connectivity index (χ0v) is 15.0. The molecule has 0 radical (unpaired) electrons. The first kappa shape index (κ1) is 18.4. The lowest BCUT2D eigenvalue weighted by Crippen LogP contribution is -2.04. The van der Waals surface area contributed by atoms with Crippen LogP contribution in [0.1, 0.15) is 17.3 Å². The third kappa shape index (κ3) is 4.61. The molecule has 0 bridgehead atoms. The average molecular weight is 385 g/mol. The maximum absolute atomic E-state index is 11.8. The van der Waals surface area contributed by atoms with Gasteiger partial charge in [-0.1, -0.05) is 17.8 Å². The van der Waals surface area contributed by atoms with E-state index < -0.39 is 4.92 Å². The summed E-state index contributed by atoms with van der Waals surface area (Å²) in [4.78, 5) is 27.1. The maximum Gasteiger partial charge on any atom is 0.338 e. The molecule has 1 aromatic carbocycles.